The van der Waals surface area contributed by atoms with Gasteiger partial charge in [-0.1, -0.05) is 55.0 Å². The SMILES string of the molecule is C=CC(=O)NCCNC(=O)C(C)(CC(C)(C)C)C(C)(C)C. The molecule has 0 radical (unpaired) electrons. The van der Waals surface area contributed by atoms with Crippen molar-refractivity contribution in [2.45, 2.75) is 54.9 Å². The number of amides is 2. The van der Waals surface area contributed by atoms with Gasteiger partial charge >= 0.3 is 0 Å². The van der Waals surface area contributed by atoms with Crippen LogP contribution < -0.4 is 10.6 Å². The number of hydrogen-bond donors (Lipinski definition) is 2. The molecule has 122 valence electrons. The molecule has 0 aromatic carbocycles. The Kier molecular flexibility index (Phi) is 6.65. The summed E-state index contributed by atoms with van der Waals surface area (Å²) in [5.74, 6) is -0.185. The lowest BCUT2D eigenvalue weighted by molar-refractivity contribution is -0.139. The van der Waals surface area contributed by atoms with Gasteiger partial charge in [-0.2, -0.15) is 0 Å². The van der Waals surface area contributed by atoms with Gasteiger partial charge in [0.25, 0.3) is 0 Å². The lowest BCUT2D eigenvalue weighted by atomic mass is 9.61. The lowest BCUT2D eigenvalue weighted by Gasteiger charge is -2.44. The smallest absolute Gasteiger partial charge is 0.243 e. The van der Waals surface area contributed by atoms with Crippen LogP contribution in [0.3, 0.4) is 0 Å². The number of hydrogen-bond acceptors (Lipinski definition) is 2. The van der Waals surface area contributed by atoms with Crippen LogP contribution in [0.25, 0.3) is 0 Å². The first kappa shape index (κ1) is 19.7. The molecule has 2 amide bonds. The zero-order valence-electron chi connectivity index (χ0n) is 14.7. The van der Waals surface area contributed by atoms with E-state index in [1.54, 1.807) is 0 Å². The van der Waals surface area contributed by atoms with Crippen molar-refractivity contribution in [3.05, 3.63) is 12.7 Å². The Balaban J connectivity index is 4.76. The summed E-state index contributed by atoms with van der Waals surface area (Å²) in [4.78, 5) is 23.7. The van der Waals surface area contributed by atoms with E-state index in [-0.39, 0.29) is 22.6 Å². The molecular weight excluding hydrogens is 264 g/mol. The van der Waals surface area contributed by atoms with Gasteiger partial charge in [0, 0.05) is 13.1 Å². The molecular formula is C17H32N2O2. The highest BCUT2D eigenvalue weighted by Crippen LogP contribution is 2.46. The van der Waals surface area contributed by atoms with E-state index >= 15 is 0 Å². The molecule has 1 atom stereocenters. The molecule has 0 bridgehead atoms. The fraction of sp³-hybridized carbons (Fsp3) is 0.765. The zero-order valence-corrected chi connectivity index (χ0v) is 14.7. The molecule has 0 saturated heterocycles. The van der Waals surface area contributed by atoms with E-state index in [1.807, 2.05) is 6.92 Å². The zero-order chi connectivity index (χ0) is 16.9. The Morgan fingerprint density at radius 1 is 0.952 bits per heavy atom. The van der Waals surface area contributed by atoms with Crippen LogP contribution in [0, 0.1) is 16.2 Å². The van der Waals surface area contributed by atoms with Crippen molar-refractivity contribution in [1.82, 2.24) is 10.6 Å². The molecule has 4 nitrogen and oxygen atoms in total. The first-order valence-corrected chi connectivity index (χ1v) is 7.52. The first-order chi connectivity index (χ1) is 9.33. The summed E-state index contributed by atoms with van der Waals surface area (Å²) in [6, 6.07) is 0. The van der Waals surface area contributed by atoms with Crippen molar-refractivity contribution in [1.29, 1.82) is 0 Å². The second-order valence-corrected chi connectivity index (χ2v) is 8.07. The Morgan fingerprint density at radius 3 is 1.81 bits per heavy atom. The molecule has 0 aromatic heterocycles. The molecule has 0 aliphatic heterocycles. The molecule has 0 fully saturated rings. The third kappa shape index (κ3) is 6.32. The van der Waals surface area contributed by atoms with Gasteiger partial charge in [0.15, 0.2) is 0 Å². The van der Waals surface area contributed by atoms with Crippen molar-refractivity contribution in [2.75, 3.05) is 13.1 Å². The average Bonchev–Trinajstić information content (AvgIpc) is 2.30. The van der Waals surface area contributed by atoms with Gasteiger partial charge < -0.3 is 10.6 Å². The van der Waals surface area contributed by atoms with Crippen LogP contribution >= 0.6 is 0 Å². The Bertz CT molecular complexity index is 389. The molecule has 0 aromatic rings. The lowest BCUT2D eigenvalue weighted by Crippen LogP contribution is -2.50. The molecule has 0 aliphatic carbocycles. The highest BCUT2D eigenvalue weighted by atomic mass is 16.2. The molecule has 21 heavy (non-hydrogen) atoms. The van der Waals surface area contributed by atoms with Crippen LogP contribution in [0.5, 0.6) is 0 Å². The predicted octanol–water partition coefficient (Wildman–Crippen LogP) is 2.89. The van der Waals surface area contributed by atoms with Gasteiger partial charge in [-0.25, -0.2) is 0 Å². The monoisotopic (exact) mass is 296 g/mol. The molecule has 0 saturated carbocycles. The van der Waals surface area contributed by atoms with E-state index in [0.717, 1.165) is 6.42 Å². The maximum atomic E-state index is 12.7. The normalized spacial score (nSPS) is 15.0. The summed E-state index contributed by atoms with van der Waals surface area (Å²) < 4.78 is 0. The highest BCUT2D eigenvalue weighted by molar-refractivity contribution is 5.87. The maximum absolute atomic E-state index is 12.7. The van der Waals surface area contributed by atoms with Gasteiger partial charge in [-0.15, -0.1) is 0 Å². The molecule has 0 rings (SSSR count). The minimum absolute atomic E-state index is 0.0396. The third-order valence-electron chi connectivity index (χ3n) is 3.94. The van der Waals surface area contributed by atoms with E-state index in [1.165, 1.54) is 6.08 Å². The maximum Gasteiger partial charge on any atom is 0.243 e. The first-order valence-electron chi connectivity index (χ1n) is 7.52. The van der Waals surface area contributed by atoms with Crippen LogP contribution in [-0.4, -0.2) is 24.9 Å². The predicted molar refractivity (Wildman–Crippen MR) is 87.9 cm³/mol. The van der Waals surface area contributed by atoms with Gasteiger partial charge in [0.05, 0.1) is 5.41 Å². The van der Waals surface area contributed by atoms with Crippen molar-refractivity contribution in [3.8, 4) is 0 Å². The molecule has 0 spiro atoms. The second-order valence-electron chi connectivity index (χ2n) is 8.07. The minimum atomic E-state index is -0.465. The summed E-state index contributed by atoms with van der Waals surface area (Å²) in [5, 5.41) is 5.60. The highest BCUT2D eigenvalue weighted by Gasteiger charge is 2.46. The molecule has 4 heteroatoms. The number of carbonyl (C=O) groups is 2. The van der Waals surface area contributed by atoms with E-state index in [2.05, 4.69) is 58.8 Å². The number of carbonyl (C=O) groups excluding carboxylic acids is 2. The van der Waals surface area contributed by atoms with Crippen LogP contribution in [0.15, 0.2) is 12.7 Å². The van der Waals surface area contributed by atoms with Crippen molar-refractivity contribution in [3.63, 3.8) is 0 Å². The van der Waals surface area contributed by atoms with Gasteiger partial charge in [0.1, 0.15) is 0 Å². The van der Waals surface area contributed by atoms with Crippen LogP contribution in [0.4, 0.5) is 0 Å². The summed E-state index contributed by atoms with van der Waals surface area (Å²) in [7, 11) is 0. The third-order valence-corrected chi connectivity index (χ3v) is 3.94. The molecule has 2 N–H and O–H groups in total. The Hall–Kier alpha value is -1.32. The standard InChI is InChI=1S/C17H32N2O2/c1-9-13(20)18-10-11-19-14(21)17(8,16(5,6)7)12-15(2,3)4/h9H,1,10-12H2,2-8H3,(H,18,20)(H,19,21). The fourth-order valence-electron chi connectivity index (χ4n) is 2.38. The quantitative estimate of drug-likeness (QED) is 0.585. The van der Waals surface area contributed by atoms with E-state index in [9.17, 15) is 9.59 Å². The summed E-state index contributed by atoms with van der Waals surface area (Å²) >= 11 is 0. The van der Waals surface area contributed by atoms with E-state index in [0.29, 0.717) is 13.1 Å². The van der Waals surface area contributed by atoms with Gasteiger partial charge in [-0.05, 0) is 23.3 Å². The fourth-order valence-corrected chi connectivity index (χ4v) is 2.38. The van der Waals surface area contributed by atoms with E-state index < -0.39 is 5.41 Å². The van der Waals surface area contributed by atoms with Gasteiger partial charge in [0.2, 0.25) is 11.8 Å². The number of rotatable bonds is 6. The van der Waals surface area contributed by atoms with Crippen molar-refractivity contribution in [2.24, 2.45) is 16.2 Å². The van der Waals surface area contributed by atoms with Crippen molar-refractivity contribution < 1.29 is 9.59 Å². The Labute approximate surface area is 129 Å². The minimum Gasteiger partial charge on any atom is -0.354 e. The van der Waals surface area contributed by atoms with Crippen molar-refractivity contribution >= 4 is 11.8 Å². The van der Waals surface area contributed by atoms with Crippen LogP contribution in [0.1, 0.15) is 54.9 Å². The largest absolute Gasteiger partial charge is 0.354 e. The summed E-state index contributed by atoms with van der Waals surface area (Å²) in [6.07, 6.45) is 2.02. The summed E-state index contributed by atoms with van der Waals surface area (Å²) in [5.41, 5.74) is -0.543. The molecule has 0 aliphatic rings. The molecule has 1 unspecified atom stereocenters. The van der Waals surface area contributed by atoms with Crippen LogP contribution in [0.2, 0.25) is 0 Å². The summed E-state index contributed by atoms with van der Waals surface area (Å²) in [6.45, 7) is 19.0. The topological polar surface area (TPSA) is 58.2 Å². The van der Waals surface area contributed by atoms with Crippen LogP contribution in [-0.2, 0) is 9.59 Å². The average molecular weight is 296 g/mol. The second kappa shape index (κ2) is 7.10. The molecule has 0 heterocycles. The number of nitrogens with one attached hydrogen (secondary N) is 2. The van der Waals surface area contributed by atoms with Gasteiger partial charge in [-0.3, -0.25) is 9.59 Å². The van der Waals surface area contributed by atoms with E-state index in [4.69, 9.17) is 0 Å². The Morgan fingerprint density at radius 2 is 1.43 bits per heavy atom.